The maximum atomic E-state index is 13.6. The van der Waals surface area contributed by atoms with Gasteiger partial charge in [0.2, 0.25) is 0 Å². The van der Waals surface area contributed by atoms with Crippen LogP contribution in [0.5, 0.6) is 0 Å². The molecule has 0 saturated heterocycles. The number of halogens is 2. The minimum atomic E-state index is -0.879. The van der Waals surface area contributed by atoms with E-state index in [0.29, 0.717) is 5.76 Å². The van der Waals surface area contributed by atoms with Gasteiger partial charge < -0.3 is 9.73 Å². The van der Waals surface area contributed by atoms with Crippen LogP contribution in [-0.2, 0) is 0 Å². The molecule has 1 N–H and O–H groups in total. The van der Waals surface area contributed by atoms with Crippen LogP contribution < -0.4 is 5.32 Å². The van der Waals surface area contributed by atoms with Gasteiger partial charge in [0.25, 0.3) is 0 Å². The molecule has 18 heavy (non-hydrogen) atoms. The molecule has 4 heteroatoms. The summed E-state index contributed by atoms with van der Waals surface area (Å²) in [5.41, 5.74) is 0.146. The molecule has 0 aliphatic heterocycles. The average Bonchev–Trinajstić information content (AvgIpc) is 2.84. The van der Waals surface area contributed by atoms with Crippen molar-refractivity contribution in [3.8, 4) is 11.3 Å². The van der Waals surface area contributed by atoms with E-state index in [4.69, 9.17) is 4.42 Å². The maximum absolute atomic E-state index is 13.6. The zero-order valence-electron chi connectivity index (χ0n) is 10.3. The summed E-state index contributed by atoms with van der Waals surface area (Å²) in [6.07, 6.45) is 0.856. The molecule has 1 heterocycles. The zero-order chi connectivity index (χ0) is 13.1. The van der Waals surface area contributed by atoms with Gasteiger partial charge in [0, 0.05) is 0 Å². The van der Waals surface area contributed by atoms with Crippen molar-refractivity contribution in [1.29, 1.82) is 0 Å². The molecule has 0 fully saturated rings. The number of rotatable bonds is 4. The van der Waals surface area contributed by atoms with E-state index in [1.165, 1.54) is 12.1 Å². The van der Waals surface area contributed by atoms with Crippen LogP contribution in [0.2, 0.25) is 0 Å². The third-order valence-corrected chi connectivity index (χ3v) is 2.94. The lowest BCUT2D eigenvalue weighted by Gasteiger charge is -2.10. The minimum Gasteiger partial charge on any atom is -0.459 e. The molecule has 96 valence electrons. The van der Waals surface area contributed by atoms with Crippen molar-refractivity contribution < 1.29 is 13.2 Å². The Bertz CT molecular complexity index is 532. The van der Waals surface area contributed by atoms with E-state index in [1.807, 2.05) is 14.0 Å². The molecule has 2 nitrogen and oxygen atoms in total. The average molecular weight is 251 g/mol. The van der Waals surface area contributed by atoms with Gasteiger partial charge in [-0.15, -0.1) is 0 Å². The molecule has 1 aromatic carbocycles. The topological polar surface area (TPSA) is 25.2 Å². The molecule has 1 aromatic heterocycles. The maximum Gasteiger partial charge on any atom is 0.169 e. The van der Waals surface area contributed by atoms with Crippen LogP contribution in [0.3, 0.4) is 0 Å². The van der Waals surface area contributed by atoms with Crippen molar-refractivity contribution in [2.24, 2.45) is 0 Å². The fourth-order valence-electron chi connectivity index (χ4n) is 1.93. The van der Waals surface area contributed by atoms with Crippen molar-refractivity contribution in [3.63, 3.8) is 0 Å². The predicted molar refractivity (Wildman–Crippen MR) is 66.2 cm³/mol. The van der Waals surface area contributed by atoms with E-state index >= 15 is 0 Å². The van der Waals surface area contributed by atoms with Gasteiger partial charge in [-0.25, -0.2) is 8.78 Å². The first-order valence-electron chi connectivity index (χ1n) is 5.88. The highest BCUT2D eigenvalue weighted by Gasteiger charge is 2.16. The summed E-state index contributed by atoms with van der Waals surface area (Å²) in [7, 11) is 1.83. The van der Waals surface area contributed by atoms with Crippen molar-refractivity contribution >= 4 is 0 Å². The fourth-order valence-corrected chi connectivity index (χ4v) is 1.93. The molecular weight excluding hydrogens is 236 g/mol. The molecule has 2 rings (SSSR count). The molecule has 2 aromatic rings. The third kappa shape index (κ3) is 2.29. The van der Waals surface area contributed by atoms with E-state index in [0.717, 1.165) is 18.2 Å². The number of hydrogen-bond acceptors (Lipinski definition) is 2. The highest BCUT2D eigenvalue weighted by Crippen LogP contribution is 2.29. The van der Waals surface area contributed by atoms with Crippen LogP contribution in [0, 0.1) is 11.6 Å². The van der Waals surface area contributed by atoms with Crippen molar-refractivity contribution in [2.75, 3.05) is 7.05 Å². The Hall–Kier alpha value is -1.68. The van der Waals surface area contributed by atoms with Crippen molar-refractivity contribution in [2.45, 2.75) is 19.4 Å². The summed E-state index contributed by atoms with van der Waals surface area (Å²) in [4.78, 5) is 0. The second-order valence-electron chi connectivity index (χ2n) is 4.05. The van der Waals surface area contributed by atoms with Gasteiger partial charge in [-0.2, -0.15) is 0 Å². The lowest BCUT2D eigenvalue weighted by atomic mass is 10.1. The zero-order valence-corrected chi connectivity index (χ0v) is 10.3. The van der Waals surface area contributed by atoms with Gasteiger partial charge in [0.05, 0.1) is 11.6 Å². The van der Waals surface area contributed by atoms with Crippen LogP contribution >= 0.6 is 0 Å². The van der Waals surface area contributed by atoms with Gasteiger partial charge in [-0.1, -0.05) is 13.0 Å². The second kappa shape index (κ2) is 5.31. The number of benzene rings is 1. The molecule has 0 radical (unpaired) electrons. The molecule has 0 aliphatic rings. The van der Waals surface area contributed by atoms with E-state index in [1.54, 1.807) is 12.1 Å². The molecule has 0 spiro atoms. The van der Waals surface area contributed by atoms with Crippen LogP contribution in [0.15, 0.2) is 34.7 Å². The van der Waals surface area contributed by atoms with Gasteiger partial charge in [-0.3, -0.25) is 0 Å². The van der Waals surface area contributed by atoms with Gasteiger partial charge >= 0.3 is 0 Å². The highest BCUT2D eigenvalue weighted by molar-refractivity contribution is 5.58. The standard InChI is InChI=1S/C14H15F2NO/c1-3-11(17-2)13-8-7-12(18-13)9-5-4-6-10(15)14(9)16/h4-8,11,17H,3H2,1-2H3. The first-order chi connectivity index (χ1) is 8.67. The number of nitrogens with one attached hydrogen (secondary N) is 1. The number of hydrogen-bond donors (Lipinski definition) is 1. The SMILES string of the molecule is CCC(NC)c1ccc(-c2cccc(F)c2F)o1. The summed E-state index contributed by atoms with van der Waals surface area (Å²) >= 11 is 0. The van der Waals surface area contributed by atoms with Crippen molar-refractivity contribution in [3.05, 3.63) is 47.7 Å². The summed E-state index contributed by atoms with van der Waals surface area (Å²) in [5, 5.41) is 3.10. The van der Waals surface area contributed by atoms with Crippen molar-refractivity contribution in [1.82, 2.24) is 5.32 Å². The van der Waals surface area contributed by atoms with Crippen LogP contribution in [-0.4, -0.2) is 7.05 Å². The largest absolute Gasteiger partial charge is 0.459 e. The molecule has 0 saturated carbocycles. The summed E-state index contributed by atoms with van der Waals surface area (Å²) < 4.78 is 32.3. The van der Waals surface area contributed by atoms with Gasteiger partial charge in [-0.05, 0) is 37.7 Å². The molecule has 1 atom stereocenters. The second-order valence-corrected chi connectivity index (χ2v) is 4.05. The summed E-state index contributed by atoms with van der Waals surface area (Å²) in [5.74, 6) is -0.684. The van der Waals surface area contributed by atoms with E-state index < -0.39 is 11.6 Å². The highest BCUT2D eigenvalue weighted by atomic mass is 19.2. The van der Waals surface area contributed by atoms with Crippen LogP contribution in [0.1, 0.15) is 25.1 Å². The molecule has 0 aliphatic carbocycles. The van der Waals surface area contributed by atoms with E-state index in [-0.39, 0.29) is 11.6 Å². The Morgan fingerprint density at radius 1 is 1.22 bits per heavy atom. The van der Waals surface area contributed by atoms with Gasteiger partial charge in [0.1, 0.15) is 11.5 Å². The predicted octanol–water partition coefficient (Wildman–Crippen LogP) is 3.90. The Labute approximate surface area is 105 Å². The molecule has 0 amide bonds. The molecule has 0 bridgehead atoms. The Morgan fingerprint density at radius 2 is 2.00 bits per heavy atom. The first kappa shape index (κ1) is 12.8. The van der Waals surface area contributed by atoms with Gasteiger partial charge in [0.15, 0.2) is 11.6 Å². The third-order valence-electron chi connectivity index (χ3n) is 2.94. The summed E-state index contributed by atoms with van der Waals surface area (Å²) in [6.45, 7) is 2.02. The Balaban J connectivity index is 2.38. The lowest BCUT2D eigenvalue weighted by molar-refractivity contribution is 0.428. The minimum absolute atomic E-state index is 0.0790. The monoisotopic (exact) mass is 251 g/mol. The Kier molecular flexibility index (Phi) is 3.77. The fraction of sp³-hybridized carbons (Fsp3) is 0.286. The summed E-state index contributed by atoms with van der Waals surface area (Å²) in [6, 6.07) is 7.57. The van der Waals surface area contributed by atoms with Crippen LogP contribution in [0.25, 0.3) is 11.3 Å². The Morgan fingerprint density at radius 3 is 2.67 bits per heavy atom. The number of furan rings is 1. The molecule has 1 unspecified atom stereocenters. The van der Waals surface area contributed by atoms with Crippen LogP contribution in [0.4, 0.5) is 8.78 Å². The first-order valence-corrected chi connectivity index (χ1v) is 5.88. The smallest absolute Gasteiger partial charge is 0.169 e. The molecular formula is C14H15F2NO. The van der Waals surface area contributed by atoms with E-state index in [9.17, 15) is 8.78 Å². The quantitative estimate of drug-likeness (QED) is 0.891. The lowest BCUT2D eigenvalue weighted by Crippen LogP contribution is -2.14. The van der Waals surface area contributed by atoms with E-state index in [2.05, 4.69) is 5.32 Å². The normalized spacial score (nSPS) is 12.7.